The normalized spacial score (nSPS) is 11.5. The van der Waals surface area contributed by atoms with Crippen molar-refractivity contribution >= 4 is 33.0 Å². The Kier molecular flexibility index (Phi) is 4.53. The van der Waals surface area contributed by atoms with Gasteiger partial charge in [-0.25, -0.2) is 9.67 Å². The number of thiophene rings is 1. The molecule has 0 radical (unpaired) electrons. The van der Waals surface area contributed by atoms with Gasteiger partial charge in [-0.15, -0.1) is 11.3 Å². The van der Waals surface area contributed by atoms with Gasteiger partial charge in [0.1, 0.15) is 17.9 Å². The van der Waals surface area contributed by atoms with E-state index in [0.717, 1.165) is 21.7 Å². The number of amides is 1. The second kappa shape index (κ2) is 6.99. The molecule has 1 amide bonds. The van der Waals surface area contributed by atoms with Crippen molar-refractivity contribution in [3.05, 3.63) is 51.4 Å². The van der Waals surface area contributed by atoms with Gasteiger partial charge in [-0.05, 0) is 19.1 Å². The molecule has 2 N–H and O–H groups in total. The molecule has 0 unspecified atom stereocenters. The number of nitrogens with zero attached hydrogens (tertiary/aromatic N) is 4. The SMILES string of the molecule is CCc1nn(CC(=O)NCCc2cnc[nH]2)c(=O)c2cc3sc(C)cc3n12. The van der Waals surface area contributed by atoms with Gasteiger partial charge in [0, 0.05) is 36.2 Å². The summed E-state index contributed by atoms with van der Waals surface area (Å²) >= 11 is 1.65. The van der Waals surface area contributed by atoms with Crippen LogP contribution < -0.4 is 10.9 Å². The maximum atomic E-state index is 12.8. The van der Waals surface area contributed by atoms with Crippen LogP contribution in [0.15, 0.2) is 29.5 Å². The van der Waals surface area contributed by atoms with E-state index in [4.69, 9.17) is 0 Å². The number of carbonyl (C=O) groups is 1. The van der Waals surface area contributed by atoms with Gasteiger partial charge in [-0.1, -0.05) is 6.92 Å². The highest BCUT2D eigenvalue weighted by Crippen LogP contribution is 2.28. The maximum Gasteiger partial charge on any atom is 0.291 e. The van der Waals surface area contributed by atoms with E-state index in [0.29, 0.717) is 24.9 Å². The third kappa shape index (κ3) is 3.25. The van der Waals surface area contributed by atoms with E-state index in [1.54, 1.807) is 23.9 Å². The average molecular weight is 384 g/mol. The van der Waals surface area contributed by atoms with Gasteiger partial charge in [0.15, 0.2) is 0 Å². The first kappa shape index (κ1) is 17.5. The van der Waals surface area contributed by atoms with Gasteiger partial charge in [0.05, 0.1) is 16.5 Å². The molecule has 0 spiro atoms. The fourth-order valence-corrected chi connectivity index (χ4v) is 4.14. The fraction of sp³-hybridized carbons (Fsp3) is 0.333. The second-order valence-corrected chi connectivity index (χ2v) is 7.67. The van der Waals surface area contributed by atoms with E-state index in [1.807, 2.05) is 24.3 Å². The highest BCUT2D eigenvalue weighted by molar-refractivity contribution is 7.19. The summed E-state index contributed by atoms with van der Waals surface area (Å²) in [6.45, 7) is 4.42. The number of imidazole rings is 1. The quantitative estimate of drug-likeness (QED) is 0.528. The Hall–Kier alpha value is -2.94. The number of rotatable bonds is 6. The predicted molar refractivity (Wildman–Crippen MR) is 104 cm³/mol. The molecule has 9 heteroatoms. The van der Waals surface area contributed by atoms with E-state index in [1.165, 1.54) is 9.56 Å². The number of H-pyrrole nitrogens is 1. The third-order valence-electron chi connectivity index (χ3n) is 4.44. The Labute approximate surface area is 158 Å². The van der Waals surface area contributed by atoms with Gasteiger partial charge in [0.25, 0.3) is 5.56 Å². The minimum atomic E-state index is -0.253. The van der Waals surface area contributed by atoms with E-state index < -0.39 is 0 Å². The molecule has 0 fully saturated rings. The van der Waals surface area contributed by atoms with Crippen molar-refractivity contribution in [2.45, 2.75) is 33.2 Å². The number of fused-ring (bicyclic) bond motifs is 3. The van der Waals surface area contributed by atoms with Crippen LogP contribution in [0.1, 0.15) is 23.3 Å². The summed E-state index contributed by atoms with van der Waals surface area (Å²) in [5.74, 6) is 0.530. The Morgan fingerprint density at radius 3 is 2.93 bits per heavy atom. The number of aromatic nitrogens is 5. The highest BCUT2D eigenvalue weighted by atomic mass is 32.1. The van der Waals surface area contributed by atoms with E-state index >= 15 is 0 Å². The fourth-order valence-electron chi connectivity index (χ4n) is 3.20. The van der Waals surface area contributed by atoms with Crippen LogP contribution in [-0.4, -0.2) is 36.6 Å². The van der Waals surface area contributed by atoms with Crippen molar-refractivity contribution < 1.29 is 4.79 Å². The zero-order valence-electron chi connectivity index (χ0n) is 15.2. The second-order valence-electron chi connectivity index (χ2n) is 6.38. The van der Waals surface area contributed by atoms with Gasteiger partial charge < -0.3 is 10.3 Å². The van der Waals surface area contributed by atoms with Crippen LogP contribution >= 0.6 is 11.3 Å². The molecule has 8 nitrogen and oxygen atoms in total. The molecule has 0 aliphatic carbocycles. The average Bonchev–Trinajstić information content (AvgIpc) is 3.34. The van der Waals surface area contributed by atoms with Crippen molar-refractivity contribution in [3.8, 4) is 0 Å². The summed E-state index contributed by atoms with van der Waals surface area (Å²) in [6.07, 6.45) is 4.64. The maximum absolute atomic E-state index is 12.8. The number of carbonyl (C=O) groups excluding carboxylic acids is 1. The molecule has 0 aliphatic heterocycles. The summed E-state index contributed by atoms with van der Waals surface area (Å²) in [5.41, 5.74) is 2.26. The summed E-state index contributed by atoms with van der Waals surface area (Å²) in [6, 6.07) is 3.96. The first-order valence-electron chi connectivity index (χ1n) is 8.82. The van der Waals surface area contributed by atoms with Gasteiger partial charge in [-0.2, -0.15) is 5.10 Å². The first-order valence-corrected chi connectivity index (χ1v) is 9.64. The molecule has 4 aromatic heterocycles. The van der Waals surface area contributed by atoms with Gasteiger partial charge in [0.2, 0.25) is 5.91 Å². The van der Waals surface area contributed by atoms with Crippen molar-refractivity contribution in [2.24, 2.45) is 0 Å². The zero-order chi connectivity index (χ0) is 19.0. The minimum absolute atomic E-state index is 0.0941. The van der Waals surface area contributed by atoms with Crippen molar-refractivity contribution in [3.63, 3.8) is 0 Å². The summed E-state index contributed by atoms with van der Waals surface area (Å²) < 4.78 is 4.23. The third-order valence-corrected chi connectivity index (χ3v) is 5.43. The lowest BCUT2D eigenvalue weighted by molar-refractivity contribution is -0.121. The van der Waals surface area contributed by atoms with Crippen LogP contribution in [0.3, 0.4) is 0 Å². The number of aryl methyl sites for hydroxylation is 2. The lowest BCUT2D eigenvalue weighted by Crippen LogP contribution is -2.36. The van der Waals surface area contributed by atoms with Crippen LogP contribution in [0.2, 0.25) is 0 Å². The molecule has 27 heavy (non-hydrogen) atoms. The van der Waals surface area contributed by atoms with Crippen LogP contribution in [0.5, 0.6) is 0 Å². The first-order chi connectivity index (χ1) is 13.1. The van der Waals surface area contributed by atoms with E-state index in [2.05, 4.69) is 26.4 Å². The number of aromatic amines is 1. The Morgan fingerprint density at radius 1 is 1.33 bits per heavy atom. The largest absolute Gasteiger partial charge is 0.354 e. The number of hydrogen-bond donors (Lipinski definition) is 2. The lowest BCUT2D eigenvalue weighted by atomic mass is 10.3. The van der Waals surface area contributed by atoms with Crippen LogP contribution in [0.4, 0.5) is 0 Å². The molecule has 0 aromatic carbocycles. The van der Waals surface area contributed by atoms with Crippen molar-refractivity contribution in [2.75, 3.05) is 6.54 Å². The highest BCUT2D eigenvalue weighted by Gasteiger charge is 2.16. The van der Waals surface area contributed by atoms with Crippen LogP contribution in [0, 0.1) is 6.92 Å². The summed E-state index contributed by atoms with van der Waals surface area (Å²) in [7, 11) is 0. The molecule has 0 atom stereocenters. The molecular formula is C18H20N6O2S. The summed E-state index contributed by atoms with van der Waals surface area (Å²) in [4.78, 5) is 33.2. The predicted octanol–water partition coefficient (Wildman–Crippen LogP) is 1.66. The minimum Gasteiger partial charge on any atom is -0.354 e. The van der Waals surface area contributed by atoms with Gasteiger partial charge >= 0.3 is 0 Å². The van der Waals surface area contributed by atoms with E-state index in [9.17, 15) is 9.59 Å². The number of hydrogen-bond acceptors (Lipinski definition) is 5. The zero-order valence-corrected chi connectivity index (χ0v) is 16.0. The van der Waals surface area contributed by atoms with Crippen molar-refractivity contribution in [1.29, 1.82) is 0 Å². The molecule has 4 aromatic rings. The molecule has 0 bridgehead atoms. The monoisotopic (exact) mass is 384 g/mol. The van der Waals surface area contributed by atoms with Crippen LogP contribution in [-0.2, 0) is 24.2 Å². The summed E-state index contributed by atoms with van der Waals surface area (Å²) in [5, 5.41) is 7.26. The Balaban J connectivity index is 1.59. The molecule has 0 aliphatic rings. The Bertz CT molecular complexity index is 1170. The van der Waals surface area contributed by atoms with E-state index in [-0.39, 0.29) is 18.0 Å². The molecule has 0 saturated carbocycles. The van der Waals surface area contributed by atoms with Crippen LogP contribution in [0.25, 0.3) is 15.7 Å². The molecular weight excluding hydrogens is 364 g/mol. The lowest BCUT2D eigenvalue weighted by Gasteiger charge is -2.10. The molecule has 4 rings (SSSR count). The Morgan fingerprint density at radius 2 is 2.19 bits per heavy atom. The smallest absolute Gasteiger partial charge is 0.291 e. The molecule has 4 heterocycles. The molecule has 140 valence electrons. The van der Waals surface area contributed by atoms with Crippen molar-refractivity contribution in [1.82, 2.24) is 29.5 Å². The standard InChI is InChI=1S/C18H20N6O2S/c1-3-16-22-23(9-17(25)20-5-4-12-8-19-10-21-12)18(26)14-7-15-13(24(14)16)6-11(2)27-15/h6-8,10H,3-5,9H2,1-2H3,(H,19,21)(H,20,25). The van der Waals surface area contributed by atoms with Gasteiger partial charge in [-0.3, -0.25) is 14.0 Å². The topological polar surface area (TPSA) is 97.1 Å². The molecule has 0 saturated heterocycles. The number of nitrogens with one attached hydrogen (secondary N) is 2.